The molecule has 1 N–H and O–H groups in total. The molecule has 0 atom stereocenters. The number of amides is 1. The molecule has 0 heterocycles. The van der Waals surface area contributed by atoms with Gasteiger partial charge >= 0.3 is 0 Å². The monoisotopic (exact) mass is 273 g/mol. The van der Waals surface area contributed by atoms with Crippen molar-refractivity contribution >= 4 is 25.6 Å². The Bertz CT molecular complexity index is 520. The Kier molecular flexibility index (Phi) is 3.40. The first-order chi connectivity index (χ1) is 7.97. The third kappa shape index (κ3) is 3.44. The first kappa shape index (κ1) is 12.4. The normalized spacial score (nSPS) is 15.6. The van der Waals surface area contributed by atoms with Gasteiger partial charge in [0.2, 0.25) is 0 Å². The standard InChI is InChI=1S/C11H12ClNO3S/c12-17(15,16)10-5-3-9(4-6-10)11(14)13-7-8-1-2-8/h3-6,8H,1-2,7H2,(H,13,14). The molecule has 1 amide bonds. The summed E-state index contributed by atoms with van der Waals surface area (Å²) in [6.07, 6.45) is 2.34. The van der Waals surface area contributed by atoms with Gasteiger partial charge in [0.1, 0.15) is 0 Å². The molecule has 1 saturated carbocycles. The van der Waals surface area contributed by atoms with E-state index in [2.05, 4.69) is 5.32 Å². The van der Waals surface area contributed by atoms with Crippen molar-refractivity contribution in [2.24, 2.45) is 5.92 Å². The fraction of sp³-hybridized carbons (Fsp3) is 0.364. The minimum Gasteiger partial charge on any atom is -0.352 e. The van der Waals surface area contributed by atoms with Gasteiger partial charge in [0.15, 0.2) is 0 Å². The van der Waals surface area contributed by atoms with Gasteiger partial charge in [0.25, 0.3) is 15.0 Å². The fourth-order valence-corrected chi connectivity index (χ4v) is 2.20. The SMILES string of the molecule is O=C(NCC1CC1)c1ccc(S(=O)(=O)Cl)cc1. The predicted molar refractivity (Wildman–Crippen MR) is 64.5 cm³/mol. The van der Waals surface area contributed by atoms with Crippen LogP contribution in [0.5, 0.6) is 0 Å². The quantitative estimate of drug-likeness (QED) is 0.850. The van der Waals surface area contributed by atoms with Gasteiger partial charge in [-0.15, -0.1) is 0 Å². The molecule has 1 aromatic rings. The highest BCUT2D eigenvalue weighted by Crippen LogP contribution is 2.27. The summed E-state index contributed by atoms with van der Waals surface area (Å²) in [4.78, 5) is 11.6. The second-order valence-corrected chi connectivity index (χ2v) is 6.68. The Balaban J connectivity index is 2.03. The molecule has 1 aliphatic carbocycles. The molecule has 4 nitrogen and oxygen atoms in total. The Morgan fingerprint density at radius 3 is 2.35 bits per heavy atom. The molecule has 92 valence electrons. The molecular formula is C11H12ClNO3S. The zero-order chi connectivity index (χ0) is 12.5. The van der Waals surface area contributed by atoms with Crippen molar-refractivity contribution in [2.45, 2.75) is 17.7 Å². The van der Waals surface area contributed by atoms with Gasteiger partial charge < -0.3 is 5.32 Å². The number of hydrogen-bond acceptors (Lipinski definition) is 3. The summed E-state index contributed by atoms with van der Waals surface area (Å²) in [6, 6.07) is 5.57. The molecule has 6 heteroatoms. The van der Waals surface area contributed by atoms with Crippen LogP contribution in [0.1, 0.15) is 23.2 Å². The van der Waals surface area contributed by atoms with E-state index < -0.39 is 9.05 Å². The van der Waals surface area contributed by atoms with Crippen molar-refractivity contribution < 1.29 is 13.2 Å². The van der Waals surface area contributed by atoms with Gasteiger partial charge in [-0.25, -0.2) is 8.42 Å². The summed E-state index contributed by atoms with van der Waals surface area (Å²) >= 11 is 0. The minimum atomic E-state index is -3.72. The Hall–Kier alpha value is -1.07. The maximum absolute atomic E-state index is 11.6. The van der Waals surface area contributed by atoms with Crippen molar-refractivity contribution in [1.82, 2.24) is 5.32 Å². The van der Waals surface area contributed by atoms with E-state index >= 15 is 0 Å². The van der Waals surface area contributed by atoms with Crippen molar-refractivity contribution in [1.29, 1.82) is 0 Å². The lowest BCUT2D eigenvalue weighted by Crippen LogP contribution is -2.25. The third-order valence-corrected chi connectivity index (χ3v) is 4.02. The Morgan fingerprint density at radius 1 is 1.29 bits per heavy atom. The molecule has 17 heavy (non-hydrogen) atoms. The molecule has 2 rings (SSSR count). The molecular weight excluding hydrogens is 262 g/mol. The van der Waals surface area contributed by atoms with Gasteiger partial charge in [-0.05, 0) is 43.0 Å². The molecule has 1 aliphatic rings. The van der Waals surface area contributed by atoms with E-state index in [1.807, 2.05) is 0 Å². The number of rotatable bonds is 4. The van der Waals surface area contributed by atoms with E-state index in [1.54, 1.807) is 0 Å². The van der Waals surface area contributed by atoms with Crippen LogP contribution in [-0.4, -0.2) is 20.9 Å². The maximum Gasteiger partial charge on any atom is 0.261 e. The average molecular weight is 274 g/mol. The molecule has 0 saturated heterocycles. The van der Waals surface area contributed by atoms with Crippen LogP contribution in [0.25, 0.3) is 0 Å². The van der Waals surface area contributed by atoms with Gasteiger partial charge in [-0.3, -0.25) is 4.79 Å². The van der Waals surface area contributed by atoms with Crippen LogP contribution < -0.4 is 5.32 Å². The smallest absolute Gasteiger partial charge is 0.261 e. The van der Waals surface area contributed by atoms with E-state index in [0.717, 1.165) is 0 Å². The lowest BCUT2D eigenvalue weighted by molar-refractivity contribution is 0.0951. The summed E-state index contributed by atoms with van der Waals surface area (Å²) < 4.78 is 22.0. The highest BCUT2D eigenvalue weighted by Gasteiger charge is 2.21. The van der Waals surface area contributed by atoms with Crippen LogP contribution in [0.4, 0.5) is 0 Å². The van der Waals surface area contributed by atoms with Crippen LogP contribution in [0.3, 0.4) is 0 Å². The average Bonchev–Trinajstić information content (AvgIpc) is 3.09. The summed E-state index contributed by atoms with van der Waals surface area (Å²) in [5, 5.41) is 2.80. The number of halogens is 1. The predicted octanol–water partition coefficient (Wildman–Crippen LogP) is 1.75. The number of carbonyl (C=O) groups excluding carboxylic acids is 1. The van der Waals surface area contributed by atoms with E-state index in [1.165, 1.54) is 37.1 Å². The van der Waals surface area contributed by atoms with Crippen LogP contribution >= 0.6 is 10.7 Å². The number of hydrogen-bond donors (Lipinski definition) is 1. The number of carbonyl (C=O) groups is 1. The minimum absolute atomic E-state index is 0.00194. The summed E-state index contributed by atoms with van der Waals surface area (Å²) in [6.45, 7) is 0.689. The molecule has 0 radical (unpaired) electrons. The van der Waals surface area contributed by atoms with Gasteiger partial charge in [-0.1, -0.05) is 0 Å². The molecule has 1 aromatic carbocycles. The van der Waals surface area contributed by atoms with Crippen molar-refractivity contribution in [3.05, 3.63) is 29.8 Å². The van der Waals surface area contributed by atoms with Gasteiger partial charge in [0, 0.05) is 22.8 Å². The third-order valence-electron chi connectivity index (χ3n) is 2.65. The lowest BCUT2D eigenvalue weighted by atomic mass is 10.2. The second-order valence-electron chi connectivity index (χ2n) is 4.12. The fourth-order valence-electron chi connectivity index (χ4n) is 1.43. The number of nitrogens with one attached hydrogen (secondary N) is 1. The van der Waals surface area contributed by atoms with Crippen molar-refractivity contribution in [2.75, 3.05) is 6.54 Å². The summed E-state index contributed by atoms with van der Waals surface area (Å²) in [5.41, 5.74) is 0.440. The van der Waals surface area contributed by atoms with E-state index in [4.69, 9.17) is 10.7 Å². The zero-order valence-electron chi connectivity index (χ0n) is 9.02. The lowest BCUT2D eigenvalue weighted by Gasteiger charge is -2.04. The van der Waals surface area contributed by atoms with Crippen LogP contribution in [0, 0.1) is 5.92 Å². The second kappa shape index (κ2) is 4.66. The molecule has 0 aromatic heterocycles. The van der Waals surface area contributed by atoms with Gasteiger partial charge in [0.05, 0.1) is 4.90 Å². The van der Waals surface area contributed by atoms with Gasteiger partial charge in [-0.2, -0.15) is 0 Å². The molecule has 0 unspecified atom stereocenters. The van der Waals surface area contributed by atoms with Crippen LogP contribution in [-0.2, 0) is 9.05 Å². The molecule has 0 spiro atoms. The van der Waals surface area contributed by atoms with E-state index in [-0.39, 0.29) is 10.8 Å². The number of benzene rings is 1. The summed E-state index contributed by atoms with van der Waals surface area (Å²) in [7, 11) is 1.45. The van der Waals surface area contributed by atoms with E-state index in [9.17, 15) is 13.2 Å². The Labute approximate surface area is 104 Å². The van der Waals surface area contributed by atoms with E-state index in [0.29, 0.717) is 18.0 Å². The Morgan fingerprint density at radius 2 is 1.88 bits per heavy atom. The highest BCUT2D eigenvalue weighted by molar-refractivity contribution is 8.13. The topological polar surface area (TPSA) is 63.2 Å². The molecule has 0 aliphatic heterocycles. The summed E-state index contributed by atoms with van der Waals surface area (Å²) in [5.74, 6) is 0.428. The van der Waals surface area contributed by atoms with Crippen molar-refractivity contribution in [3.8, 4) is 0 Å². The first-order valence-electron chi connectivity index (χ1n) is 5.30. The highest BCUT2D eigenvalue weighted by atomic mass is 35.7. The maximum atomic E-state index is 11.6. The largest absolute Gasteiger partial charge is 0.352 e. The molecule has 1 fully saturated rings. The van der Waals surface area contributed by atoms with Crippen LogP contribution in [0.15, 0.2) is 29.2 Å². The zero-order valence-corrected chi connectivity index (χ0v) is 10.6. The van der Waals surface area contributed by atoms with Crippen molar-refractivity contribution in [3.63, 3.8) is 0 Å². The van der Waals surface area contributed by atoms with Crippen LogP contribution in [0.2, 0.25) is 0 Å². The molecule has 0 bridgehead atoms. The first-order valence-corrected chi connectivity index (χ1v) is 7.60.